The van der Waals surface area contributed by atoms with E-state index in [0.29, 0.717) is 28.5 Å². The van der Waals surface area contributed by atoms with Gasteiger partial charge in [0, 0.05) is 17.1 Å². The van der Waals surface area contributed by atoms with Crippen molar-refractivity contribution < 1.29 is 19.4 Å². The smallest absolute Gasteiger partial charge is 0.162 e. The van der Waals surface area contributed by atoms with Crippen LogP contribution in [-0.2, 0) is 0 Å². The molecule has 0 amide bonds. The van der Waals surface area contributed by atoms with Gasteiger partial charge in [-0.05, 0) is 23.8 Å². The molecular weight excluding hydrogens is 310 g/mol. The lowest BCUT2D eigenvalue weighted by Crippen LogP contribution is -2.21. The maximum Gasteiger partial charge on any atom is 0.162 e. The van der Waals surface area contributed by atoms with E-state index in [0.717, 1.165) is 5.39 Å². The number of nitrogens with one attached hydrogen (secondary N) is 1. The highest BCUT2D eigenvalue weighted by molar-refractivity contribution is 5.93. The molecular formula is C17H14N3O4-. The fourth-order valence-corrected chi connectivity index (χ4v) is 2.31. The zero-order valence-corrected chi connectivity index (χ0v) is 13.1. The van der Waals surface area contributed by atoms with Gasteiger partial charge in [0.2, 0.25) is 0 Å². The molecule has 3 rings (SSSR count). The molecule has 0 aliphatic rings. The molecule has 0 radical (unpaired) electrons. The molecule has 0 atom stereocenters. The third-order valence-electron chi connectivity index (χ3n) is 3.52. The first kappa shape index (κ1) is 15.5. The summed E-state index contributed by atoms with van der Waals surface area (Å²) in [6, 6.07) is 9.75. The number of aromatic carboxylic acids is 1. The molecule has 0 bridgehead atoms. The molecule has 122 valence electrons. The monoisotopic (exact) mass is 324 g/mol. The standard InChI is InChI=1S/C17H15N3O4/c1-23-14-7-12-13(8-15(14)24-2)18-9-19-16(12)20-11-5-3-10(4-6-11)17(21)22/h3-9H,1-2H3,(H,21,22)(H,18,19,20)/p-1. The van der Waals surface area contributed by atoms with Gasteiger partial charge in [-0.2, -0.15) is 0 Å². The second-order valence-electron chi connectivity index (χ2n) is 4.94. The third-order valence-corrected chi connectivity index (χ3v) is 3.52. The minimum atomic E-state index is -1.22. The molecule has 7 heteroatoms. The highest BCUT2D eigenvalue weighted by Crippen LogP contribution is 2.34. The van der Waals surface area contributed by atoms with Gasteiger partial charge in [-0.3, -0.25) is 0 Å². The van der Waals surface area contributed by atoms with Crippen LogP contribution >= 0.6 is 0 Å². The summed E-state index contributed by atoms with van der Waals surface area (Å²) < 4.78 is 10.6. The molecule has 0 unspecified atom stereocenters. The van der Waals surface area contributed by atoms with Crippen molar-refractivity contribution in [2.45, 2.75) is 0 Å². The number of nitrogens with zero attached hydrogens (tertiary/aromatic N) is 2. The molecule has 24 heavy (non-hydrogen) atoms. The fraction of sp³-hybridized carbons (Fsp3) is 0.118. The molecule has 1 heterocycles. The largest absolute Gasteiger partial charge is 0.545 e. The highest BCUT2D eigenvalue weighted by atomic mass is 16.5. The number of benzene rings is 2. The van der Waals surface area contributed by atoms with Crippen LogP contribution < -0.4 is 19.9 Å². The molecule has 0 aliphatic carbocycles. The van der Waals surface area contributed by atoms with E-state index in [4.69, 9.17) is 9.47 Å². The number of fused-ring (bicyclic) bond motifs is 1. The van der Waals surface area contributed by atoms with E-state index in [1.807, 2.05) is 0 Å². The van der Waals surface area contributed by atoms with E-state index in [1.54, 1.807) is 38.5 Å². The molecule has 1 N–H and O–H groups in total. The van der Waals surface area contributed by atoms with E-state index in [1.165, 1.54) is 18.5 Å². The van der Waals surface area contributed by atoms with E-state index >= 15 is 0 Å². The molecule has 0 saturated heterocycles. The van der Waals surface area contributed by atoms with Crippen molar-refractivity contribution in [2.75, 3.05) is 19.5 Å². The maximum absolute atomic E-state index is 10.8. The van der Waals surface area contributed by atoms with Crippen molar-refractivity contribution in [3.05, 3.63) is 48.3 Å². The predicted octanol–water partition coefficient (Wildman–Crippen LogP) is 1.75. The summed E-state index contributed by atoms with van der Waals surface area (Å²) in [5, 5.41) is 14.7. The van der Waals surface area contributed by atoms with Crippen LogP contribution in [-0.4, -0.2) is 30.2 Å². The van der Waals surface area contributed by atoms with Crippen LogP contribution in [0.15, 0.2) is 42.7 Å². The van der Waals surface area contributed by atoms with Crippen molar-refractivity contribution in [3.8, 4) is 11.5 Å². The molecule has 0 fully saturated rings. The van der Waals surface area contributed by atoms with Crippen LogP contribution in [0, 0.1) is 0 Å². The van der Waals surface area contributed by atoms with Crippen LogP contribution in [0.4, 0.5) is 11.5 Å². The Labute approximate surface area is 137 Å². The van der Waals surface area contributed by atoms with Gasteiger partial charge in [0.05, 0.1) is 25.7 Å². The minimum absolute atomic E-state index is 0.111. The Hall–Kier alpha value is -3.35. The summed E-state index contributed by atoms with van der Waals surface area (Å²) in [6.07, 6.45) is 1.44. The number of rotatable bonds is 5. The Morgan fingerprint density at radius 2 is 1.71 bits per heavy atom. The zero-order chi connectivity index (χ0) is 17.1. The van der Waals surface area contributed by atoms with E-state index in [2.05, 4.69) is 15.3 Å². The SMILES string of the molecule is COc1cc2ncnc(Nc3ccc(C(=O)[O-])cc3)c2cc1OC. The highest BCUT2D eigenvalue weighted by Gasteiger charge is 2.11. The normalized spacial score (nSPS) is 10.4. The van der Waals surface area contributed by atoms with Gasteiger partial charge < -0.3 is 24.7 Å². The average Bonchev–Trinajstić information content (AvgIpc) is 2.61. The molecule has 0 aliphatic heterocycles. The number of carbonyl (C=O) groups excluding carboxylic acids is 1. The lowest BCUT2D eigenvalue weighted by molar-refractivity contribution is -0.255. The Kier molecular flexibility index (Phi) is 4.15. The number of carboxylic acids is 1. The van der Waals surface area contributed by atoms with E-state index in [9.17, 15) is 9.90 Å². The summed E-state index contributed by atoms with van der Waals surface area (Å²) >= 11 is 0. The third kappa shape index (κ3) is 2.91. The van der Waals surface area contributed by atoms with Crippen molar-refractivity contribution in [1.29, 1.82) is 0 Å². The van der Waals surface area contributed by atoms with Gasteiger partial charge in [0.1, 0.15) is 12.1 Å². The van der Waals surface area contributed by atoms with Crippen LogP contribution in [0.3, 0.4) is 0 Å². The first-order valence-corrected chi connectivity index (χ1v) is 7.07. The summed E-state index contributed by atoms with van der Waals surface area (Å²) in [6.45, 7) is 0. The fourth-order valence-electron chi connectivity index (χ4n) is 2.31. The zero-order valence-electron chi connectivity index (χ0n) is 13.1. The summed E-state index contributed by atoms with van der Waals surface area (Å²) in [4.78, 5) is 19.3. The van der Waals surface area contributed by atoms with Gasteiger partial charge in [0.25, 0.3) is 0 Å². The number of hydrogen-bond acceptors (Lipinski definition) is 7. The average molecular weight is 324 g/mol. The second-order valence-corrected chi connectivity index (χ2v) is 4.94. The Bertz CT molecular complexity index is 894. The number of methoxy groups -OCH3 is 2. The topological polar surface area (TPSA) is 96.4 Å². The van der Waals surface area contributed by atoms with Crippen molar-refractivity contribution in [1.82, 2.24) is 9.97 Å². The van der Waals surface area contributed by atoms with Crippen LogP contribution in [0.25, 0.3) is 10.9 Å². The van der Waals surface area contributed by atoms with Crippen LogP contribution in [0.2, 0.25) is 0 Å². The van der Waals surface area contributed by atoms with Gasteiger partial charge in [0.15, 0.2) is 11.5 Å². The number of ether oxygens (including phenoxy) is 2. The molecule has 3 aromatic rings. The molecule has 2 aromatic carbocycles. The van der Waals surface area contributed by atoms with Crippen molar-refractivity contribution in [3.63, 3.8) is 0 Å². The molecule has 0 saturated carbocycles. The summed E-state index contributed by atoms with van der Waals surface area (Å²) in [5.74, 6) is 0.496. The lowest BCUT2D eigenvalue weighted by Gasteiger charge is -2.12. The Morgan fingerprint density at radius 1 is 1.04 bits per heavy atom. The predicted molar refractivity (Wildman–Crippen MR) is 86.7 cm³/mol. The molecule has 0 spiro atoms. The Morgan fingerprint density at radius 3 is 2.33 bits per heavy atom. The minimum Gasteiger partial charge on any atom is -0.545 e. The number of carboxylic acid groups (broad SMARTS) is 1. The van der Waals surface area contributed by atoms with Gasteiger partial charge >= 0.3 is 0 Å². The molecule has 1 aromatic heterocycles. The quantitative estimate of drug-likeness (QED) is 0.763. The van der Waals surface area contributed by atoms with Crippen LogP contribution in [0.5, 0.6) is 11.5 Å². The second kappa shape index (κ2) is 6.41. The maximum atomic E-state index is 10.8. The van der Waals surface area contributed by atoms with Crippen molar-refractivity contribution >= 4 is 28.4 Å². The molecule has 7 nitrogen and oxygen atoms in total. The number of aromatic nitrogens is 2. The van der Waals surface area contributed by atoms with Gasteiger partial charge in [-0.1, -0.05) is 12.1 Å². The summed E-state index contributed by atoms with van der Waals surface area (Å²) in [7, 11) is 3.11. The Balaban J connectivity index is 2.01. The van der Waals surface area contributed by atoms with Gasteiger partial charge in [-0.25, -0.2) is 9.97 Å². The first-order chi connectivity index (χ1) is 11.6. The van der Waals surface area contributed by atoms with E-state index < -0.39 is 5.97 Å². The summed E-state index contributed by atoms with van der Waals surface area (Å²) in [5.41, 5.74) is 1.49. The lowest BCUT2D eigenvalue weighted by atomic mass is 10.2. The van der Waals surface area contributed by atoms with Crippen molar-refractivity contribution in [2.24, 2.45) is 0 Å². The first-order valence-electron chi connectivity index (χ1n) is 7.07. The number of carbonyl (C=O) groups is 1. The van der Waals surface area contributed by atoms with Gasteiger partial charge in [-0.15, -0.1) is 0 Å². The number of hydrogen-bond donors (Lipinski definition) is 1. The van der Waals surface area contributed by atoms with E-state index in [-0.39, 0.29) is 5.56 Å². The van der Waals surface area contributed by atoms with Crippen LogP contribution in [0.1, 0.15) is 10.4 Å². The number of anilines is 2.